The van der Waals surface area contributed by atoms with E-state index < -0.39 is 28.9 Å². The summed E-state index contributed by atoms with van der Waals surface area (Å²) in [7, 11) is 0. The molecule has 8 heteroatoms. The lowest BCUT2D eigenvalue weighted by molar-refractivity contribution is -0.235. The van der Waals surface area contributed by atoms with Gasteiger partial charge in [-0.1, -0.05) is 66.2 Å². The molecule has 294 valence electrons. The van der Waals surface area contributed by atoms with Crippen LogP contribution in [0.5, 0.6) is 5.75 Å². The third-order valence-corrected chi connectivity index (χ3v) is 16.4. The van der Waals surface area contributed by atoms with Crippen molar-refractivity contribution < 1.29 is 34.4 Å². The van der Waals surface area contributed by atoms with E-state index in [4.69, 9.17) is 4.74 Å². The molecule has 0 aliphatic heterocycles. The Hall–Kier alpha value is -2.71. The molecule has 1 aromatic carbocycles. The number of phenols is 1. The zero-order valence-electron chi connectivity index (χ0n) is 33.9. The Kier molecular flexibility index (Phi) is 10.4. The molecule has 0 heterocycles. The summed E-state index contributed by atoms with van der Waals surface area (Å²) in [5.74, 6) is 0.267. The van der Waals surface area contributed by atoms with Crippen molar-refractivity contribution in [2.24, 2.45) is 56.2 Å². The standard InChI is InChI=1S/C45H67NO7/c1-27(2)37-31(48)24-45(34(49)26-46-23-18-28-10-12-29(47)13-11-28)22-21-43(8)30(38(37)45)14-15-33-42(7)19-17-35(53-36(50)25-40(3,4)39(51)52)41(5,6)32(42)16-20-44(33,43)9/h10-13,27,30,32-35,46-47,49H,14-26H2,1-9H3,(H,51,52)/t30-,32+,33-,34-,35+,42+,43-,44-,45+/m1/s1. The fourth-order valence-electron chi connectivity index (χ4n) is 13.2. The van der Waals surface area contributed by atoms with Gasteiger partial charge in [0.05, 0.1) is 17.9 Å². The first-order valence-corrected chi connectivity index (χ1v) is 20.5. The van der Waals surface area contributed by atoms with E-state index in [1.807, 2.05) is 12.1 Å². The van der Waals surface area contributed by atoms with Gasteiger partial charge in [0.1, 0.15) is 11.9 Å². The number of rotatable bonds is 11. The van der Waals surface area contributed by atoms with Crippen LogP contribution >= 0.6 is 0 Å². The average Bonchev–Trinajstić information content (AvgIpc) is 3.38. The number of benzene rings is 1. The van der Waals surface area contributed by atoms with Gasteiger partial charge in [-0.05, 0) is 141 Å². The molecular weight excluding hydrogens is 666 g/mol. The van der Waals surface area contributed by atoms with E-state index in [1.54, 1.807) is 26.0 Å². The second-order valence-electron chi connectivity index (χ2n) is 20.2. The van der Waals surface area contributed by atoms with Crippen molar-refractivity contribution >= 4 is 17.7 Å². The third kappa shape index (κ3) is 6.39. The number of fused-ring (bicyclic) bond motifs is 7. The summed E-state index contributed by atoms with van der Waals surface area (Å²) >= 11 is 0. The first kappa shape index (κ1) is 40.0. The summed E-state index contributed by atoms with van der Waals surface area (Å²) < 4.78 is 6.16. The summed E-state index contributed by atoms with van der Waals surface area (Å²) in [5, 5.41) is 34.9. The number of phenolic OH excluding ortho intramolecular Hbond substituents is 1. The number of allylic oxidation sites excluding steroid dienone is 1. The molecule has 0 radical (unpaired) electrons. The van der Waals surface area contributed by atoms with Crippen LogP contribution in [0.2, 0.25) is 0 Å². The number of aliphatic hydroxyl groups is 1. The molecule has 1 aromatic rings. The largest absolute Gasteiger partial charge is 0.508 e. The first-order valence-electron chi connectivity index (χ1n) is 20.5. The lowest BCUT2D eigenvalue weighted by Gasteiger charge is -2.72. The molecule has 9 atom stereocenters. The van der Waals surface area contributed by atoms with E-state index >= 15 is 0 Å². The number of carboxylic acids is 1. The van der Waals surface area contributed by atoms with E-state index in [0.29, 0.717) is 31.3 Å². The minimum atomic E-state index is -1.17. The van der Waals surface area contributed by atoms with Crippen LogP contribution in [0, 0.1) is 56.2 Å². The quantitative estimate of drug-likeness (QED) is 0.132. The maximum absolute atomic E-state index is 14.0. The fraction of sp³-hybridized carbons (Fsp3) is 0.756. The van der Waals surface area contributed by atoms with Crippen LogP contribution in [0.15, 0.2) is 35.4 Å². The van der Waals surface area contributed by atoms with Crippen molar-refractivity contribution in [1.29, 1.82) is 0 Å². The normalized spacial score (nSPS) is 37.0. The summed E-state index contributed by atoms with van der Waals surface area (Å²) in [6, 6.07) is 7.26. The second kappa shape index (κ2) is 13.8. The van der Waals surface area contributed by atoms with E-state index in [2.05, 4.69) is 53.8 Å². The lowest BCUT2D eigenvalue weighted by atomic mass is 9.33. The Labute approximate surface area is 317 Å². The number of aliphatic carboxylic acids is 1. The Bertz CT molecular complexity index is 1630. The number of carbonyl (C=O) groups excluding carboxylic acids is 2. The van der Waals surface area contributed by atoms with Gasteiger partial charge in [0.15, 0.2) is 5.78 Å². The number of hydrogen-bond acceptors (Lipinski definition) is 7. The Balaban J connectivity index is 1.23. The predicted molar refractivity (Wildman–Crippen MR) is 206 cm³/mol. The summed E-state index contributed by atoms with van der Waals surface area (Å²) in [6.45, 7) is 20.7. The van der Waals surface area contributed by atoms with Crippen LogP contribution in [-0.2, 0) is 25.5 Å². The Morgan fingerprint density at radius 3 is 2.25 bits per heavy atom. The molecule has 0 saturated heterocycles. The van der Waals surface area contributed by atoms with Crippen molar-refractivity contribution in [3.8, 4) is 5.75 Å². The zero-order chi connectivity index (χ0) is 38.9. The molecule has 6 rings (SSSR count). The Morgan fingerprint density at radius 2 is 1.60 bits per heavy atom. The number of aliphatic hydroxyl groups excluding tert-OH is 1. The van der Waals surface area contributed by atoms with Crippen LogP contribution in [0.3, 0.4) is 0 Å². The van der Waals surface area contributed by atoms with Crippen LogP contribution in [0.4, 0.5) is 0 Å². The smallest absolute Gasteiger partial charge is 0.309 e. The monoisotopic (exact) mass is 733 g/mol. The third-order valence-electron chi connectivity index (χ3n) is 16.4. The highest BCUT2D eigenvalue weighted by atomic mass is 16.5. The molecule has 0 spiro atoms. The van der Waals surface area contributed by atoms with Gasteiger partial charge >= 0.3 is 11.9 Å². The highest BCUT2D eigenvalue weighted by Crippen LogP contribution is 2.77. The predicted octanol–water partition coefficient (Wildman–Crippen LogP) is 8.28. The Morgan fingerprint density at radius 1 is 0.925 bits per heavy atom. The molecule has 5 aliphatic rings. The van der Waals surface area contributed by atoms with Crippen molar-refractivity contribution in [2.75, 3.05) is 13.1 Å². The molecule has 53 heavy (non-hydrogen) atoms. The molecular formula is C45H67NO7. The van der Waals surface area contributed by atoms with E-state index in [-0.39, 0.29) is 57.6 Å². The van der Waals surface area contributed by atoms with Crippen molar-refractivity contribution in [3.05, 3.63) is 41.0 Å². The van der Waals surface area contributed by atoms with Gasteiger partial charge in [-0.3, -0.25) is 14.4 Å². The minimum Gasteiger partial charge on any atom is -0.508 e. The average molecular weight is 734 g/mol. The molecule has 0 bridgehead atoms. The molecule has 0 aromatic heterocycles. The van der Waals surface area contributed by atoms with Crippen molar-refractivity contribution in [3.63, 3.8) is 0 Å². The number of carboxylic acid groups (broad SMARTS) is 1. The molecule has 0 amide bonds. The highest BCUT2D eigenvalue weighted by Gasteiger charge is 2.70. The molecule has 8 nitrogen and oxygen atoms in total. The molecule has 4 N–H and O–H groups in total. The number of ketones is 1. The summed E-state index contributed by atoms with van der Waals surface area (Å²) in [4.78, 5) is 38.9. The van der Waals surface area contributed by atoms with Gasteiger partial charge in [-0.15, -0.1) is 0 Å². The number of nitrogens with one attached hydrogen (secondary N) is 1. The number of hydrogen-bond donors (Lipinski definition) is 4. The fourth-order valence-corrected chi connectivity index (χ4v) is 13.2. The summed E-state index contributed by atoms with van der Waals surface area (Å²) in [5.41, 5.74) is 1.54. The molecule has 0 unspecified atom stereocenters. The molecule has 5 aliphatic carbocycles. The van der Waals surface area contributed by atoms with E-state index in [0.717, 1.165) is 68.9 Å². The SMILES string of the molecule is CC(C)C1=C2[C@H]3CC[C@@H]4[C@@]5(C)CC[C@H](OC(=O)CC(C)(C)C(=O)O)C(C)(C)[C@@H]5CC[C@@]4(C)[C@]3(C)CC[C@@]2([C@H](O)CNCCc2ccc(O)cc2)CC1=O. The molecule has 4 fully saturated rings. The van der Waals surface area contributed by atoms with Gasteiger partial charge in [0.25, 0.3) is 0 Å². The molecule has 4 saturated carbocycles. The second-order valence-corrected chi connectivity index (χ2v) is 20.2. The van der Waals surface area contributed by atoms with Crippen molar-refractivity contribution in [2.45, 2.75) is 145 Å². The maximum Gasteiger partial charge on any atom is 0.309 e. The van der Waals surface area contributed by atoms with Gasteiger partial charge in [0, 0.05) is 23.8 Å². The number of Topliss-reactive ketones (excluding diaryl/α,β-unsaturated/α-hetero) is 1. The maximum atomic E-state index is 14.0. The first-order chi connectivity index (χ1) is 24.6. The van der Waals surface area contributed by atoms with Gasteiger partial charge in [0.2, 0.25) is 0 Å². The van der Waals surface area contributed by atoms with Crippen LogP contribution < -0.4 is 5.32 Å². The number of aromatic hydroxyl groups is 1. The summed E-state index contributed by atoms with van der Waals surface area (Å²) in [6.07, 6.45) is 7.93. The van der Waals surface area contributed by atoms with E-state index in [1.165, 1.54) is 5.57 Å². The lowest BCUT2D eigenvalue weighted by Crippen LogP contribution is -2.66. The van der Waals surface area contributed by atoms with Gasteiger partial charge < -0.3 is 25.4 Å². The zero-order valence-corrected chi connectivity index (χ0v) is 33.9. The van der Waals surface area contributed by atoms with Gasteiger partial charge in [-0.2, -0.15) is 0 Å². The van der Waals surface area contributed by atoms with E-state index in [9.17, 15) is 29.7 Å². The van der Waals surface area contributed by atoms with Crippen LogP contribution in [0.1, 0.15) is 132 Å². The van der Waals surface area contributed by atoms with Crippen LogP contribution in [-0.4, -0.2) is 58.3 Å². The van der Waals surface area contributed by atoms with Gasteiger partial charge in [-0.25, -0.2) is 0 Å². The number of esters is 1. The number of carbonyl (C=O) groups is 3. The van der Waals surface area contributed by atoms with Crippen LogP contribution in [0.25, 0.3) is 0 Å². The minimum absolute atomic E-state index is 0.0185. The highest BCUT2D eigenvalue weighted by molar-refractivity contribution is 6.00. The topological polar surface area (TPSA) is 133 Å². The van der Waals surface area contributed by atoms with Crippen molar-refractivity contribution in [1.82, 2.24) is 5.32 Å². The number of ether oxygens (including phenoxy) is 1.